The van der Waals surface area contributed by atoms with Crippen LogP contribution in [0.2, 0.25) is 0 Å². The standard InChI is InChI=1S/C22H23FN4O2S/c1-29-19-4-2-3-18(13-19)26-9-11-27(12-10-26)22-25-20(15-30-22)21(28)24-14-16-5-7-17(23)8-6-16/h2-8,13,15H,9-12,14H2,1H3,(H,24,28). The molecule has 1 N–H and O–H groups in total. The van der Waals surface area contributed by atoms with Crippen molar-refractivity contribution in [2.75, 3.05) is 43.1 Å². The molecule has 3 aromatic rings. The highest BCUT2D eigenvalue weighted by Crippen LogP contribution is 2.25. The van der Waals surface area contributed by atoms with Crippen LogP contribution >= 0.6 is 11.3 Å². The fraction of sp³-hybridized carbons (Fsp3) is 0.273. The summed E-state index contributed by atoms with van der Waals surface area (Å²) in [5.41, 5.74) is 2.40. The molecule has 0 aliphatic carbocycles. The van der Waals surface area contributed by atoms with Crippen LogP contribution in [-0.4, -0.2) is 44.2 Å². The number of carbonyl (C=O) groups is 1. The molecule has 1 aromatic heterocycles. The molecule has 156 valence electrons. The van der Waals surface area contributed by atoms with Crippen molar-refractivity contribution in [3.63, 3.8) is 0 Å². The fourth-order valence-corrected chi connectivity index (χ4v) is 4.21. The summed E-state index contributed by atoms with van der Waals surface area (Å²) in [5, 5.41) is 5.47. The third-order valence-corrected chi connectivity index (χ3v) is 5.96. The van der Waals surface area contributed by atoms with E-state index < -0.39 is 0 Å². The van der Waals surface area contributed by atoms with Crippen LogP contribution in [0.25, 0.3) is 0 Å². The molecule has 30 heavy (non-hydrogen) atoms. The zero-order valence-electron chi connectivity index (χ0n) is 16.7. The van der Waals surface area contributed by atoms with Crippen LogP contribution in [0.15, 0.2) is 53.9 Å². The minimum Gasteiger partial charge on any atom is -0.497 e. The molecule has 1 aliphatic rings. The Morgan fingerprint density at radius 1 is 1.13 bits per heavy atom. The third kappa shape index (κ3) is 4.71. The molecular weight excluding hydrogens is 403 g/mol. The van der Waals surface area contributed by atoms with Gasteiger partial charge in [-0.2, -0.15) is 0 Å². The van der Waals surface area contributed by atoms with Gasteiger partial charge in [-0.05, 0) is 29.8 Å². The van der Waals surface area contributed by atoms with Crippen molar-refractivity contribution in [2.24, 2.45) is 0 Å². The summed E-state index contributed by atoms with van der Waals surface area (Å²) in [4.78, 5) is 21.4. The van der Waals surface area contributed by atoms with Gasteiger partial charge in [0.1, 0.15) is 17.3 Å². The molecule has 0 saturated carbocycles. The molecule has 4 rings (SSSR count). The van der Waals surface area contributed by atoms with Gasteiger partial charge in [0.2, 0.25) is 0 Å². The second kappa shape index (κ2) is 9.13. The van der Waals surface area contributed by atoms with Gasteiger partial charge < -0.3 is 19.9 Å². The SMILES string of the molecule is COc1cccc(N2CCN(c3nc(C(=O)NCc4ccc(F)cc4)cs3)CC2)c1. The zero-order chi connectivity index (χ0) is 20.9. The summed E-state index contributed by atoms with van der Waals surface area (Å²) < 4.78 is 18.3. The molecule has 2 heterocycles. The number of carbonyl (C=O) groups excluding carboxylic acids is 1. The van der Waals surface area contributed by atoms with Gasteiger partial charge in [-0.1, -0.05) is 18.2 Å². The first-order valence-corrected chi connectivity index (χ1v) is 10.6. The number of piperazine rings is 1. The smallest absolute Gasteiger partial charge is 0.271 e. The van der Waals surface area contributed by atoms with Gasteiger partial charge in [0.05, 0.1) is 7.11 Å². The average Bonchev–Trinajstić information content (AvgIpc) is 3.29. The average molecular weight is 427 g/mol. The predicted molar refractivity (Wildman–Crippen MR) is 117 cm³/mol. The Hall–Kier alpha value is -3.13. The highest BCUT2D eigenvalue weighted by Gasteiger charge is 2.21. The lowest BCUT2D eigenvalue weighted by Gasteiger charge is -2.36. The maximum absolute atomic E-state index is 13.0. The first-order chi connectivity index (χ1) is 14.6. The number of nitrogens with one attached hydrogen (secondary N) is 1. The Bertz CT molecular complexity index is 1000. The lowest BCUT2D eigenvalue weighted by Crippen LogP contribution is -2.46. The topological polar surface area (TPSA) is 57.7 Å². The Morgan fingerprint density at radius 3 is 2.60 bits per heavy atom. The number of methoxy groups -OCH3 is 1. The number of anilines is 2. The largest absolute Gasteiger partial charge is 0.497 e. The Labute approximate surface area is 178 Å². The minimum atomic E-state index is -0.291. The van der Waals surface area contributed by atoms with E-state index in [9.17, 15) is 9.18 Å². The first kappa shape index (κ1) is 20.2. The fourth-order valence-electron chi connectivity index (χ4n) is 3.35. The maximum Gasteiger partial charge on any atom is 0.271 e. The molecule has 0 unspecified atom stereocenters. The van der Waals surface area contributed by atoms with E-state index in [-0.39, 0.29) is 11.7 Å². The van der Waals surface area contributed by atoms with Crippen molar-refractivity contribution in [2.45, 2.75) is 6.54 Å². The van der Waals surface area contributed by atoms with E-state index >= 15 is 0 Å². The molecule has 0 radical (unpaired) electrons. The molecular formula is C22H23FN4O2S. The summed E-state index contributed by atoms with van der Waals surface area (Å²) in [6.07, 6.45) is 0. The normalized spacial score (nSPS) is 13.9. The zero-order valence-corrected chi connectivity index (χ0v) is 17.5. The number of thiazole rings is 1. The highest BCUT2D eigenvalue weighted by atomic mass is 32.1. The Balaban J connectivity index is 1.32. The summed E-state index contributed by atoms with van der Waals surface area (Å²) in [5.74, 6) is 0.337. The highest BCUT2D eigenvalue weighted by molar-refractivity contribution is 7.13. The Kier molecular flexibility index (Phi) is 6.13. The molecule has 2 aromatic carbocycles. The van der Waals surface area contributed by atoms with Gasteiger partial charge in [0.25, 0.3) is 5.91 Å². The molecule has 1 aliphatic heterocycles. The number of amides is 1. The van der Waals surface area contributed by atoms with E-state index in [2.05, 4.69) is 26.2 Å². The van der Waals surface area contributed by atoms with Gasteiger partial charge in [-0.3, -0.25) is 4.79 Å². The summed E-state index contributed by atoms with van der Waals surface area (Å²) in [6.45, 7) is 3.76. The van der Waals surface area contributed by atoms with Crippen LogP contribution in [0.1, 0.15) is 16.1 Å². The van der Waals surface area contributed by atoms with Crippen LogP contribution in [-0.2, 0) is 6.54 Å². The van der Waals surface area contributed by atoms with E-state index in [0.29, 0.717) is 12.2 Å². The monoisotopic (exact) mass is 426 g/mol. The molecule has 0 bridgehead atoms. The van der Waals surface area contributed by atoms with Gasteiger partial charge in [-0.15, -0.1) is 11.3 Å². The van der Waals surface area contributed by atoms with Crippen LogP contribution in [0.4, 0.5) is 15.2 Å². The summed E-state index contributed by atoms with van der Waals surface area (Å²) >= 11 is 1.48. The number of benzene rings is 2. The minimum absolute atomic E-state index is 0.225. The van der Waals surface area contributed by atoms with Crippen LogP contribution in [0, 0.1) is 5.82 Å². The molecule has 1 fully saturated rings. The van der Waals surface area contributed by atoms with E-state index in [1.807, 2.05) is 18.2 Å². The first-order valence-electron chi connectivity index (χ1n) is 9.74. The van der Waals surface area contributed by atoms with Gasteiger partial charge in [-0.25, -0.2) is 9.37 Å². The van der Waals surface area contributed by atoms with Crippen molar-refractivity contribution in [1.82, 2.24) is 10.3 Å². The van der Waals surface area contributed by atoms with Crippen LogP contribution in [0.5, 0.6) is 5.75 Å². The van der Waals surface area contributed by atoms with Gasteiger partial charge in [0, 0.05) is 49.9 Å². The number of rotatable bonds is 6. The van der Waals surface area contributed by atoms with Crippen molar-refractivity contribution in [3.05, 3.63) is 71.0 Å². The quantitative estimate of drug-likeness (QED) is 0.653. The van der Waals surface area contributed by atoms with Crippen molar-refractivity contribution < 1.29 is 13.9 Å². The van der Waals surface area contributed by atoms with E-state index in [1.54, 1.807) is 24.6 Å². The molecule has 8 heteroatoms. The number of aromatic nitrogens is 1. The van der Waals surface area contributed by atoms with Crippen LogP contribution < -0.4 is 19.9 Å². The van der Waals surface area contributed by atoms with Gasteiger partial charge in [0.15, 0.2) is 5.13 Å². The molecule has 1 saturated heterocycles. The van der Waals surface area contributed by atoms with Crippen molar-refractivity contribution >= 4 is 28.1 Å². The number of nitrogens with zero attached hydrogens (tertiary/aromatic N) is 3. The lowest BCUT2D eigenvalue weighted by atomic mass is 10.2. The third-order valence-electron chi connectivity index (χ3n) is 5.06. The second-order valence-electron chi connectivity index (χ2n) is 7.00. The predicted octanol–water partition coefficient (Wildman–Crippen LogP) is 3.55. The summed E-state index contributed by atoms with van der Waals surface area (Å²) in [7, 11) is 1.67. The van der Waals surface area contributed by atoms with Crippen LogP contribution in [0.3, 0.4) is 0 Å². The molecule has 6 nitrogen and oxygen atoms in total. The van der Waals surface area contributed by atoms with Crippen molar-refractivity contribution in [1.29, 1.82) is 0 Å². The number of hydrogen-bond donors (Lipinski definition) is 1. The number of ether oxygens (including phenoxy) is 1. The summed E-state index contributed by atoms with van der Waals surface area (Å²) in [6, 6.07) is 14.2. The van der Waals surface area contributed by atoms with E-state index in [4.69, 9.17) is 4.74 Å². The number of halogens is 1. The number of hydrogen-bond acceptors (Lipinski definition) is 6. The van der Waals surface area contributed by atoms with E-state index in [0.717, 1.165) is 48.3 Å². The van der Waals surface area contributed by atoms with Gasteiger partial charge >= 0.3 is 0 Å². The second-order valence-corrected chi connectivity index (χ2v) is 7.84. The molecule has 0 atom stereocenters. The molecule has 0 spiro atoms. The molecule has 1 amide bonds. The van der Waals surface area contributed by atoms with Crippen molar-refractivity contribution in [3.8, 4) is 5.75 Å². The lowest BCUT2D eigenvalue weighted by molar-refractivity contribution is 0.0946. The Morgan fingerprint density at radius 2 is 1.87 bits per heavy atom. The van der Waals surface area contributed by atoms with E-state index in [1.165, 1.54) is 23.5 Å². The maximum atomic E-state index is 13.0.